The van der Waals surface area contributed by atoms with Crippen LogP contribution in [0, 0.1) is 6.92 Å². The van der Waals surface area contributed by atoms with E-state index < -0.39 is 0 Å². The summed E-state index contributed by atoms with van der Waals surface area (Å²) in [5.41, 5.74) is 6.36. The predicted octanol–water partition coefficient (Wildman–Crippen LogP) is 6.64. The maximum absolute atomic E-state index is 13.7. The zero-order valence-electron chi connectivity index (χ0n) is 18.2. The molecule has 5 rings (SSSR count). The van der Waals surface area contributed by atoms with E-state index in [0.29, 0.717) is 6.54 Å². The average molecular weight is 440 g/mol. The Morgan fingerprint density at radius 1 is 0.938 bits per heavy atom. The van der Waals surface area contributed by atoms with Crippen molar-refractivity contribution in [1.82, 2.24) is 9.47 Å². The van der Waals surface area contributed by atoms with Gasteiger partial charge in [-0.2, -0.15) is 0 Å². The fourth-order valence-corrected chi connectivity index (χ4v) is 4.72. The first kappa shape index (κ1) is 20.5. The van der Waals surface area contributed by atoms with Gasteiger partial charge in [-0.05, 0) is 66.8 Å². The zero-order chi connectivity index (χ0) is 22.1. The van der Waals surface area contributed by atoms with Gasteiger partial charge in [0, 0.05) is 22.5 Å². The molecule has 3 aromatic carbocycles. The van der Waals surface area contributed by atoms with Crippen molar-refractivity contribution >= 4 is 23.5 Å². The Kier molecular flexibility index (Phi) is 5.50. The van der Waals surface area contributed by atoms with Crippen LogP contribution in [0.1, 0.15) is 28.4 Å². The lowest BCUT2D eigenvalue weighted by molar-refractivity contribution is 0.194. The number of aromatic nitrogens is 1. The number of nitrogens with zero attached hydrogens (tertiary/aromatic N) is 2. The van der Waals surface area contributed by atoms with E-state index >= 15 is 0 Å². The molecule has 2 amide bonds. The van der Waals surface area contributed by atoms with Crippen molar-refractivity contribution in [2.75, 3.05) is 11.6 Å². The third-order valence-electron chi connectivity index (χ3n) is 5.96. The van der Waals surface area contributed by atoms with E-state index in [1.165, 1.54) is 4.90 Å². The van der Waals surface area contributed by atoms with Crippen LogP contribution in [0.3, 0.4) is 0 Å². The highest BCUT2D eigenvalue weighted by molar-refractivity contribution is 7.98. The lowest BCUT2D eigenvalue weighted by Gasteiger charge is -2.31. The summed E-state index contributed by atoms with van der Waals surface area (Å²) in [5.74, 6) is 0. The minimum atomic E-state index is -0.209. The van der Waals surface area contributed by atoms with Gasteiger partial charge in [-0.3, -0.25) is 0 Å². The molecule has 0 bridgehead atoms. The van der Waals surface area contributed by atoms with Gasteiger partial charge in [0.05, 0.1) is 18.3 Å². The number of carbonyl (C=O) groups excluding carboxylic acids is 1. The minimum Gasteiger partial charge on any atom is -0.318 e. The third-order valence-corrected chi connectivity index (χ3v) is 6.70. The molecular weight excluding hydrogens is 414 g/mol. The first-order valence-electron chi connectivity index (χ1n) is 10.7. The average Bonchev–Trinajstić information content (AvgIpc) is 3.25. The van der Waals surface area contributed by atoms with Crippen molar-refractivity contribution in [3.8, 4) is 5.69 Å². The van der Waals surface area contributed by atoms with Crippen LogP contribution in [0.25, 0.3) is 5.69 Å². The Bertz CT molecular complexity index is 1240. The van der Waals surface area contributed by atoms with E-state index in [2.05, 4.69) is 70.9 Å². The Morgan fingerprint density at radius 2 is 1.69 bits per heavy atom. The Hall–Kier alpha value is -3.44. The molecule has 32 heavy (non-hydrogen) atoms. The van der Waals surface area contributed by atoms with Gasteiger partial charge >= 0.3 is 6.03 Å². The van der Waals surface area contributed by atoms with E-state index in [-0.39, 0.29) is 12.1 Å². The number of aryl methyl sites for hydroxylation is 1. The molecule has 1 atom stereocenters. The third kappa shape index (κ3) is 3.80. The number of nitrogens with one attached hydrogen (secondary N) is 1. The molecule has 1 aliphatic rings. The summed E-state index contributed by atoms with van der Waals surface area (Å²) in [6.07, 6.45) is 4.16. The van der Waals surface area contributed by atoms with Crippen LogP contribution in [-0.2, 0) is 6.54 Å². The highest BCUT2D eigenvalue weighted by Gasteiger charge is 2.33. The summed E-state index contributed by atoms with van der Waals surface area (Å²) in [5, 5.41) is 3.12. The minimum absolute atomic E-state index is 0.114. The summed E-state index contributed by atoms with van der Waals surface area (Å²) in [7, 11) is 0. The van der Waals surface area contributed by atoms with Gasteiger partial charge in [0.15, 0.2) is 0 Å². The number of carbonyl (C=O) groups is 1. The van der Waals surface area contributed by atoms with E-state index in [4.69, 9.17) is 0 Å². The Labute approximate surface area is 192 Å². The molecule has 1 unspecified atom stereocenters. The topological polar surface area (TPSA) is 37.3 Å². The van der Waals surface area contributed by atoms with Gasteiger partial charge in [-0.15, -0.1) is 11.8 Å². The van der Waals surface area contributed by atoms with Crippen LogP contribution in [0.5, 0.6) is 0 Å². The molecule has 0 aliphatic carbocycles. The molecule has 0 spiro atoms. The van der Waals surface area contributed by atoms with E-state index in [1.807, 2.05) is 48.2 Å². The van der Waals surface area contributed by atoms with Crippen LogP contribution < -0.4 is 5.32 Å². The van der Waals surface area contributed by atoms with Crippen molar-refractivity contribution in [3.05, 3.63) is 114 Å². The molecule has 4 nitrogen and oxygen atoms in total. The zero-order valence-corrected chi connectivity index (χ0v) is 19.0. The van der Waals surface area contributed by atoms with Crippen LogP contribution in [0.15, 0.2) is 96.0 Å². The highest BCUT2D eigenvalue weighted by atomic mass is 32.2. The van der Waals surface area contributed by atoms with Crippen molar-refractivity contribution in [1.29, 1.82) is 0 Å². The van der Waals surface area contributed by atoms with Crippen molar-refractivity contribution in [2.24, 2.45) is 0 Å². The number of fused-ring (bicyclic) bond motifs is 3. The molecule has 4 aromatic rings. The summed E-state index contributed by atoms with van der Waals surface area (Å²) >= 11 is 1.72. The van der Waals surface area contributed by atoms with Gasteiger partial charge in [0.1, 0.15) is 0 Å². The van der Waals surface area contributed by atoms with Crippen LogP contribution >= 0.6 is 11.8 Å². The van der Waals surface area contributed by atoms with Crippen molar-refractivity contribution < 1.29 is 4.79 Å². The normalized spacial score (nSPS) is 14.9. The highest BCUT2D eigenvalue weighted by Crippen LogP contribution is 2.37. The number of hydrogen-bond acceptors (Lipinski definition) is 2. The number of rotatable bonds is 3. The number of amides is 2. The van der Waals surface area contributed by atoms with Crippen molar-refractivity contribution in [2.45, 2.75) is 24.4 Å². The summed E-state index contributed by atoms with van der Waals surface area (Å²) in [6.45, 7) is 2.56. The molecule has 0 saturated heterocycles. The largest absolute Gasteiger partial charge is 0.322 e. The maximum atomic E-state index is 13.7. The number of anilines is 1. The first-order valence-corrected chi connectivity index (χ1v) is 11.9. The fraction of sp³-hybridized carbons (Fsp3) is 0.148. The van der Waals surface area contributed by atoms with Gasteiger partial charge in [0.2, 0.25) is 0 Å². The second kappa shape index (κ2) is 8.60. The van der Waals surface area contributed by atoms with Crippen LogP contribution in [0.4, 0.5) is 10.5 Å². The Balaban J connectivity index is 1.61. The van der Waals surface area contributed by atoms with Crippen molar-refractivity contribution in [3.63, 3.8) is 0 Å². The number of urea groups is 1. The lowest BCUT2D eigenvalue weighted by atomic mass is 10.0. The maximum Gasteiger partial charge on any atom is 0.322 e. The molecule has 1 N–H and O–H groups in total. The quantitative estimate of drug-likeness (QED) is 0.363. The smallest absolute Gasteiger partial charge is 0.318 e. The van der Waals surface area contributed by atoms with E-state index in [0.717, 1.165) is 33.8 Å². The van der Waals surface area contributed by atoms with Gasteiger partial charge in [-0.25, -0.2) is 4.79 Å². The van der Waals surface area contributed by atoms with E-state index in [9.17, 15) is 4.79 Å². The van der Waals surface area contributed by atoms with E-state index in [1.54, 1.807) is 11.8 Å². The molecular formula is C27H25N3OS. The molecule has 0 radical (unpaired) electrons. The van der Waals surface area contributed by atoms with Gasteiger partial charge in [0.25, 0.3) is 0 Å². The van der Waals surface area contributed by atoms with Crippen LogP contribution in [-0.4, -0.2) is 21.8 Å². The number of benzene rings is 3. The molecule has 0 fully saturated rings. The molecule has 2 heterocycles. The van der Waals surface area contributed by atoms with Gasteiger partial charge < -0.3 is 14.8 Å². The second-order valence-electron chi connectivity index (χ2n) is 8.03. The Morgan fingerprint density at radius 3 is 2.44 bits per heavy atom. The molecule has 5 heteroatoms. The summed E-state index contributed by atoms with van der Waals surface area (Å²) in [4.78, 5) is 16.8. The first-order chi connectivity index (χ1) is 15.6. The predicted molar refractivity (Wildman–Crippen MR) is 132 cm³/mol. The summed E-state index contributed by atoms with van der Waals surface area (Å²) in [6, 6.07) is 28.6. The second-order valence-corrected chi connectivity index (χ2v) is 8.91. The molecule has 160 valence electrons. The SMILES string of the molecule is CSc1ccc(C2c3cccn3-c3ccccc3CN2C(=O)Nc2ccc(C)cc2)cc1. The van der Waals surface area contributed by atoms with Gasteiger partial charge in [-0.1, -0.05) is 48.0 Å². The lowest BCUT2D eigenvalue weighted by Crippen LogP contribution is -2.37. The number of para-hydroxylation sites is 1. The summed E-state index contributed by atoms with van der Waals surface area (Å²) < 4.78 is 2.21. The monoisotopic (exact) mass is 439 g/mol. The molecule has 1 aromatic heterocycles. The molecule has 0 saturated carbocycles. The number of thioether (sulfide) groups is 1. The standard InChI is InChI=1S/C27H25N3OS/c1-19-9-13-22(14-10-19)28-27(31)30-18-21-6-3-4-7-24(21)29-17-5-8-25(29)26(30)20-11-15-23(32-2)16-12-20/h3-17,26H,18H2,1-2H3,(H,28,31). The molecule has 1 aliphatic heterocycles. The van der Waals surface area contributed by atoms with Crippen LogP contribution in [0.2, 0.25) is 0 Å². The fourth-order valence-electron chi connectivity index (χ4n) is 4.31. The number of hydrogen-bond donors (Lipinski definition) is 1.